The van der Waals surface area contributed by atoms with Crippen LogP contribution < -0.4 is 4.74 Å². The SMILES string of the molecule is CCC(C)S(=O)(=O)CC(=O)c1ccccc1OC. The van der Waals surface area contributed by atoms with E-state index >= 15 is 0 Å². The van der Waals surface area contributed by atoms with Gasteiger partial charge in [-0.05, 0) is 25.5 Å². The lowest BCUT2D eigenvalue weighted by Crippen LogP contribution is -2.25. The molecule has 1 aromatic rings. The van der Waals surface area contributed by atoms with Crippen LogP contribution in [0.5, 0.6) is 5.75 Å². The van der Waals surface area contributed by atoms with Gasteiger partial charge >= 0.3 is 0 Å². The minimum absolute atomic E-state index is 0.312. The van der Waals surface area contributed by atoms with Crippen LogP contribution in [0.15, 0.2) is 24.3 Å². The van der Waals surface area contributed by atoms with Gasteiger partial charge in [-0.25, -0.2) is 8.42 Å². The first-order valence-electron chi connectivity index (χ1n) is 5.80. The van der Waals surface area contributed by atoms with Crippen LogP contribution in [0, 0.1) is 0 Å². The number of sulfone groups is 1. The molecule has 0 aliphatic heterocycles. The van der Waals surface area contributed by atoms with Crippen molar-refractivity contribution in [3.63, 3.8) is 0 Å². The normalized spacial score (nSPS) is 13.1. The predicted molar refractivity (Wildman–Crippen MR) is 70.9 cm³/mol. The number of Topliss-reactive ketones (excluding diaryl/α,β-unsaturated/α-hetero) is 1. The number of hydrogen-bond acceptors (Lipinski definition) is 4. The molecule has 0 aromatic heterocycles. The molecule has 4 nitrogen and oxygen atoms in total. The van der Waals surface area contributed by atoms with Crippen LogP contribution >= 0.6 is 0 Å². The highest BCUT2D eigenvalue weighted by molar-refractivity contribution is 7.92. The third-order valence-corrected chi connectivity index (χ3v) is 5.15. The molecule has 0 heterocycles. The zero-order valence-corrected chi connectivity index (χ0v) is 11.7. The second-order valence-electron chi connectivity index (χ2n) is 4.15. The number of carbonyl (C=O) groups is 1. The zero-order valence-electron chi connectivity index (χ0n) is 10.8. The highest BCUT2D eigenvalue weighted by Gasteiger charge is 2.24. The van der Waals surface area contributed by atoms with E-state index in [1.807, 2.05) is 0 Å². The van der Waals surface area contributed by atoms with Gasteiger partial charge in [-0.1, -0.05) is 19.1 Å². The molecule has 0 aliphatic rings. The number of ketones is 1. The molecule has 0 N–H and O–H groups in total. The Labute approximate surface area is 108 Å². The van der Waals surface area contributed by atoms with Crippen LogP contribution in [0.4, 0.5) is 0 Å². The van der Waals surface area contributed by atoms with Gasteiger partial charge in [0, 0.05) is 0 Å². The lowest BCUT2D eigenvalue weighted by Gasteiger charge is -2.11. The van der Waals surface area contributed by atoms with Crippen molar-refractivity contribution in [1.29, 1.82) is 0 Å². The van der Waals surface area contributed by atoms with E-state index in [4.69, 9.17) is 4.74 Å². The molecule has 1 atom stereocenters. The summed E-state index contributed by atoms with van der Waals surface area (Å²) < 4.78 is 28.8. The summed E-state index contributed by atoms with van der Waals surface area (Å²) in [5.41, 5.74) is 0.312. The summed E-state index contributed by atoms with van der Waals surface area (Å²) in [6.07, 6.45) is 0.502. The third-order valence-electron chi connectivity index (χ3n) is 2.93. The Hall–Kier alpha value is -1.36. The summed E-state index contributed by atoms with van der Waals surface area (Å²) in [5.74, 6) is -0.489. The monoisotopic (exact) mass is 270 g/mol. The highest BCUT2D eigenvalue weighted by Crippen LogP contribution is 2.19. The second kappa shape index (κ2) is 6.00. The Morgan fingerprint density at radius 3 is 2.50 bits per heavy atom. The molecule has 5 heteroatoms. The molecule has 0 aliphatic carbocycles. The second-order valence-corrected chi connectivity index (χ2v) is 6.57. The molecule has 0 fully saturated rings. The summed E-state index contributed by atoms with van der Waals surface area (Å²) in [6.45, 7) is 3.40. The summed E-state index contributed by atoms with van der Waals surface area (Å²) >= 11 is 0. The van der Waals surface area contributed by atoms with Crippen molar-refractivity contribution >= 4 is 15.6 Å². The van der Waals surface area contributed by atoms with Crippen LogP contribution in [0.25, 0.3) is 0 Å². The van der Waals surface area contributed by atoms with Crippen molar-refractivity contribution in [2.45, 2.75) is 25.5 Å². The van der Waals surface area contributed by atoms with Gasteiger partial charge in [0.1, 0.15) is 11.5 Å². The Morgan fingerprint density at radius 2 is 1.94 bits per heavy atom. The first-order valence-corrected chi connectivity index (χ1v) is 7.51. The van der Waals surface area contributed by atoms with Gasteiger partial charge in [0.15, 0.2) is 15.6 Å². The largest absolute Gasteiger partial charge is 0.496 e. The molecular weight excluding hydrogens is 252 g/mol. The molecule has 1 aromatic carbocycles. The summed E-state index contributed by atoms with van der Waals surface area (Å²) in [6, 6.07) is 6.64. The Morgan fingerprint density at radius 1 is 1.33 bits per heavy atom. The maximum Gasteiger partial charge on any atom is 0.181 e. The molecule has 0 saturated heterocycles. The van der Waals surface area contributed by atoms with Crippen molar-refractivity contribution in [3.05, 3.63) is 29.8 Å². The van der Waals surface area contributed by atoms with Crippen LogP contribution in [-0.2, 0) is 9.84 Å². The minimum Gasteiger partial charge on any atom is -0.496 e. The van der Waals surface area contributed by atoms with Gasteiger partial charge in [0.25, 0.3) is 0 Å². The van der Waals surface area contributed by atoms with Gasteiger partial charge in [-0.15, -0.1) is 0 Å². The molecule has 1 rings (SSSR count). The molecule has 0 amide bonds. The highest BCUT2D eigenvalue weighted by atomic mass is 32.2. The number of hydrogen-bond donors (Lipinski definition) is 0. The number of rotatable bonds is 6. The Balaban J connectivity index is 2.96. The lowest BCUT2D eigenvalue weighted by molar-refractivity contribution is 0.101. The molecule has 0 radical (unpaired) electrons. The van der Waals surface area contributed by atoms with E-state index in [0.29, 0.717) is 17.7 Å². The van der Waals surface area contributed by atoms with E-state index in [9.17, 15) is 13.2 Å². The fourth-order valence-electron chi connectivity index (χ4n) is 1.53. The maximum atomic E-state index is 12.0. The summed E-state index contributed by atoms with van der Waals surface area (Å²) in [7, 11) is -1.93. The van der Waals surface area contributed by atoms with E-state index in [1.165, 1.54) is 7.11 Å². The first-order chi connectivity index (χ1) is 8.42. The molecule has 100 valence electrons. The lowest BCUT2D eigenvalue weighted by atomic mass is 10.1. The number of benzene rings is 1. The van der Waals surface area contributed by atoms with Crippen LogP contribution in [0.1, 0.15) is 30.6 Å². The average Bonchev–Trinajstić information content (AvgIpc) is 2.36. The van der Waals surface area contributed by atoms with Crippen molar-refractivity contribution in [2.75, 3.05) is 12.9 Å². The predicted octanol–water partition coefficient (Wildman–Crippen LogP) is 2.09. The fourth-order valence-corrected chi connectivity index (χ4v) is 2.85. The summed E-state index contributed by atoms with van der Waals surface area (Å²) in [5, 5.41) is -0.504. The minimum atomic E-state index is -3.39. The van der Waals surface area contributed by atoms with Crippen LogP contribution in [0.2, 0.25) is 0 Å². The summed E-state index contributed by atoms with van der Waals surface area (Å²) in [4.78, 5) is 12.0. The molecular formula is C13H18O4S. The Kier molecular flexibility index (Phi) is 4.90. The standard InChI is InChI=1S/C13H18O4S/c1-4-10(2)18(15,16)9-12(14)11-7-5-6-8-13(11)17-3/h5-8,10H,4,9H2,1-3H3. The quantitative estimate of drug-likeness (QED) is 0.743. The third kappa shape index (κ3) is 3.32. The maximum absolute atomic E-state index is 12.0. The van der Waals surface area contributed by atoms with Gasteiger partial charge in [-0.3, -0.25) is 4.79 Å². The topological polar surface area (TPSA) is 60.4 Å². The fraction of sp³-hybridized carbons (Fsp3) is 0.462. The van der Waals surface area contributed by atoms with Gasteiger partial charge in [0.2, 0.25) is 0 Å². The van der Waals surface area contributed by atoms with E-state index in [2.05, 4.69) is 0 Å². The molecule has 18 heavy (non-hydrogen) atoms. The Bertz CT molecular complexity index is 520. The van der Waals surface area contributed by atoms with E-state index < -0.39 is 26.6 Å². The van der Waals surface area contributed by atoms with E-state index in [-0.39, 0.29) is 0 Å². The zero-order chi connectivity index (χ0) is 13.8. The van der Waals surface area contributed by atoms with Crippen molar-refractivity contribution in [2.24, 2.45) is 0 Å². The van der Waals surface area contributed by atoms with Gasteiger partial charge in [0.05, 0.1) is 17.9 Å². The van der Waals surface area contributed by atoms with Crippen molar-refractivity contribution < 1.29 is 17.9 Å². The number of carbonyl (C=O) groups excluding carboxylic acids is 1. The van der Waals surface area contributed by atoms with Gasteiger partial charge in [-0.2, -0.15) is 0 Å². The van der Waals surface area contributed by atoms with Crippen LogP contribution in [-0.4, -0.2) is 32.3 Å². The van der Waals surface area contributed by atoms with Gasteiger partial charge < -0.3 is 4.74 Å². The molecule has 0 spiro atoms. The average molecular weight is 270 g/mol. The number of para-hydroxylation sites is 1. The first kappa shape index (κ1) is 14.7. The number of ether oxygens (including phenoxy) is 1. The van der Waals surface area contributed by atoms with Crippen molar-refractivity contribution in [1.82, 2.24) is 0 Å². The van der Waals surface area contributed by atoms with E-state index in [1.54, 1.807) is 38.1 Å². The smallest absolute Gasteiger partial charge is 0.181 e. The molecule has 0 saturated carbocycles. The van der Waals surface area contributed by atoms with Crippen LogP contribution in [0.3, 0.4) is 0 Å². The van der Waals surface area contributed by atoms with Crippen molar-refractivity contribution in [3.8, 4) is 5.75 Å². The number of methoxy groups -OCH3 is 1. The molecule has 1 unspecified atom stereocenters. The molecule has 0 bridgehead atoms. The van der Waals surface area contributed by atoms with E-state index in [0.717, 1.165) is 0 Å².